The summed E-state index contributed by atoms with van der Waals surface area (Å²) < 4.78 is 34.5. The van der Waals surface area contributed by atoms with Gasteiger partial charge in [-0.1, -0.05) is 0 Å². The van der Waals surface area contributed by atoms with Gasteiger partial charge in [0.1, 0.15) is 0 Å². The molecule has 0 spiro atoms. The average molecular weight is 164 g/mol. The molecular formula is HFMoO3. The maximum atomic E-state index is 10.3. The first-order valence-corrected chi connectivity index (χ1v) is 3.97. The summed E-state index contributed by atoms with van der Waals surface area (Å²) in [5, 5.41) is 0. The van der Waals surface area contributed by atoms with E-state index >= 15 is 0 Å². The van der Waals surface area contributed by atoms with Gasteiger partial charge < -0.3 is 0 Å². The van der Waals surface area contributed by atoms with Crippen LogP contribution in [0, 0.1) is 0 Å². The fourth-order valence-corrected chi connectivity index (χ4v) is 0. The van der Waals surface area contributed by atoms with Gasteiger partial charge in [0, 0.05) is 0 Å². The summed E-state index contributed by atoms with van der Waals surface area (Å²) in [4.78, 5) is 0. The van der Waals surface area contributed by atoms with E-state index in [1.165, 1.54) is 0 Å². The third-order valence-electron chi connectivity index (χ3n) is 0. The van der Waals surface area contributed by atoms with Crippen molar-refractivity contribution < 1.29 is 30.6 Å². The molecule has 0 rings (SSSR count). The number of rotatable bonds is 0. The number of hydrogen-bond acceptors (Lipinski definition) is 2. The van der Waals surface area contributed by atoms with Crippen LogP contribution >= 0.6 is 0 Å². The van der Waals surface area contributed by atoms with Gasteiger partial charge >= 0.3 is 30.6 Å². The Morgan fingerprint density at radius 2 is 1.60 bits per heavy atom. The van der Waals surface area contributed by atoms with Gasteiger partial charge in [0.15, 0.2) is 0 Å². The van der Waals surface area contributed by atoms with E-state index in [2.05, 4.69) is 0 Å². The van der Waals surface area contributed by atoms with Crippen LogP contribution in [0.5, 0.6) is 0 Å². The Morgan fingerprint density at radius 3 is 1.60 bits per heavy atom. The van der Waals surface area contributed by atoms with E-state index in [-0.39, 0.29) is 0 Å². The second kappa shape index (κ2) is 1.11. The minimum absolute atomic E-state index is 6.02. The van der Waals surface area contributed by atoms with Gasteiger partial charge in [-0.25, -0.2) is 0 Å². The Kier molecular flexibility index (Phi) is 1.15. The third kappa shape index (κ3) is 624. The molecule has 0 fully saturated rings. The van der Waals surface area contributed by atoms with Gasteiger partial charge in [-0.15, -0.1) is 0 Å². The Hall–Kier alpha value is 0.178. The predicted octanol–water partition coefficient (Wildman–Crippen LogP) is -0.377. The van der Waals surface area contributed by atoms with E-state index in [0.29, 0.717) is 0 Å². The van der Waals surface area contributed by atoms with Gasteiger partial charge in [-0.3, -0.25) is 0 Å². The first kappa shape index (κ1) is 5.18. The number of hydrogen-bond donors (Lipinski definition) is 1. The topological polar surface area (TPSA) is 54.4 Å². The second-order valence-corrected chi connectivity index (χ2v) is 2.44. The Labute approximate surface area is 31.3 Å². The van der Waals surface area contributed by atoms with Crippen molar-refractivity contribution in [2.45, 2.75) is 0 Å². The summed E-state index contributed by atoms with van der Waals surface area (Å²) in [7, 11) is 0. The summed E-state index contributed by atoms with van der Waals surface area (Å²) in [5.41, 5.74) is 0. The van der Waals surface area contributed by atoms with E-state index in [1.54, 1.807) is 0 Å². The molecular weight excluding hydrogens is 163 g/mol. The molecule has 1 N–H and O–H groups in total. The molecule has 0 saturated heterocycles. The molecule has 0 aliphatic rings. The Balaban J connectivity index is 4.06. The third-order valence-corrected chi connectivity index (χ3v) is 0. The van der Waals surface area contributed by atoms with Crippen LogP contribution in [0.2, 0.25) is 0 Å². The van der Waals surface area contributed by atoms with E-state index in [1.807, 2.05) is 0 Å². The van der Waals surface area contributed by atoms with Crippen LogP contribution in [0.25, 0.3) is 0 Å². The fraction of sp³-hybridized carbons (Fsp3) is 0. The van der Waals surface area contributed by atoms with E-state index in [9.17, 15) is 3.16 Å². The SMILES string of the molecule is [O]=[Mo](=[O])([OH])[F]. The molecule has 0 aromatic rings. The first-order valence-electron chi connectivity index (χ1n) is 0.670. The van der Waals surface area contributed by atoms with Crippen LogP contribution in [0.4, 0.5) is 3.16 Å². The fourth-order valence-electron chi connectivity index (χ4n) is 0. The van der Waals surface area contributed by atoms with Crippen molar-refractivity contribution in [3.8, 4) is 0 Å². The van der Waals surface area contributed by atoms with Crippen LogP contribution in [0.15, 0.2) is 0 Å². The van der Waals surface area contributed by atoms with Gasteiger partial charge in [0.2, 0.25) is 0 Å². The summed E-state index contributed by atoms with van der Waals surface area (Å²) in [5.74, 6) is 0. The van der Waals surface area contributed by atoms with Crippen molar-refractivity contribution in [3.63, 3.8) is 0 Å². The van der Waals surface area contributed by atoms with Crippen LogP contribution in [-0.4, -0.2) is 3.76 Å². The summed E-state index contributed by atoms with van der Waals surface area (Å²) in [6, 6.07) is 0. The van der Waals surface area contributed by atoms with Gasteiger partial charge in [-0.2, -0.15) is 0 Å². The molecule has 0 saturated carbocycles. The molecule has 0 bridgehead atoms. The summed E-state index contributed by atoms with van der Waals surface area (Å²) >= 11 is -6.02. The van der Waals surface area contributed by atoms with Gasteiger partial charge in [-0.05, 0) is 0 Å². The molecule has 0 unspecified atom stereocenters. The molecule has 32 valence electrons. The molecule has 5 heteroatoms. The molecule has 0 radical (unpaired) electrons. The van der Waals surface area contributed by atoms with Crippen molar-refractivity contribution in [1.29, 1.82) is 0 Å². The Morgan fingerprint density at radius 1 is 1.60 bits per heavy atom. The average Bonchev–Trinajstić information content (AvgIpc) is 0.722. The van der Waals surface area contributed by atoms with Crippen LogP contribution in [0.3, 0.4) is 0 Å². The van der Waals surface area contributed by atoms with Crippen molar-refractivity contribution in [2.24, 2.45) is 0 Å². The standard InChI is InChI=1S/FH.Mo.H2O.2O/h1H;;1H2;;/q;+2;;;/p-2. The predicted molar refractivity (Wildman–Crippen MR) is 4.70 cm³/mol. The van der Waals surface area contributed by atoms with Crippen molar-refractivity contribution in [3.05, 3.63) is 0 Å². The molecule has 0 aromatic carbocycles. The first-order chi connectivity index (χ1) is 2.00. The Bertz CT molecular complexity index is 90.1. The molecule has 0 atom stereocenters. The van der Waals surface area contributed by atoms with E-state index in [0.717, 1.165) is 0 Å². The molecule has 0 aliphatic heterocycles. The molecule has 0 aromatic heterocycles. The van der Waals surface area contributed by atoms with Gasteiger partial charge in [0.05, 0.1) is 0 Å². The normalized spacial score (nSPS) is 11.6. The van der Waals surface area contributed by atoms with Gasteiger partial charge in [0.25, 0.3) is 0 Å². The molecule has 3 nitrogen and oxygen atoms in total. The molecule has 0 amide bonds. The number of halogens is 1. The zero-order valence-corrected chi connectivity index (χ0v) is 4.06. The molecule has 5 heavy (non-hydrogen) atoms. The monoisotopic (exact) mass is 166 g/mol. The minimum atomic E-state index is -6.02. The zero-order valence-electron chi connectivity index (χ0n) is 2.05. The van der Waals surface area contributed by atoms with E-state index < -0.39 is 16.9 Å². The molecule has 0 aliphatic carbocycles. The summed E-state index contributed by atoms with van der Waals surface area (Å²) in [6.45, 7) is 0. The maximum absolute atomic E-state index is 10.3. The summed E-state index contributed by atoms with van der Waals surface area (Å²) in [6.07, 6.45) is 0. The second-order valence-electron chi connectivity index (χ2n) is 0.412. The van der Waals surface area contributed by atoms with Crippen LogP contribution in [-0.2, 0) is 23.7 Å². The van der Waals surface area contributed by atoms with Crippen molar-refractivity contribution >= 4 is 0 Å². The van der Waals surface area contributed by atoms with E-state index in [4.69, 9.17) is 10.6 Å². The molecule has 0 heterocycles. The quantitative estimate of drug-likeness (QED) is 0.496. The van der Waals surface area contributed by atoms with Crippen LogP contribution < -0.4 is 0 Å². The zero-order chi connectivity index (χ0) is 4.50. The van der Waals surface area contributed by atoms with Crippen molar-refractivity contribution in [1.82, 2.24) is 0 Å². The van der Waals surface area contributed by atoms with Crippen LogP contribution in [0.1, 0.15) is 0 Å². The van der Waals surface area contributed by atoms with Crippen molar-refractivity contribution in [2.75, 3.05) is 0 Å².